The first-order valence-corrected chi connectivity index (χ1v) is 8.93. The van der Waals surface area contributed by atoms with E-state index in [1.165, 1.54) is 12.1 Å². The molecule has 1 aliphatic carbocycles. The first-order chi connectivity index (χ1) is 12.8. The summed E-state index contributed by atoms with van der Waals surface area (Å²) >= 11 is 0. The first-order valence-electron chi connectivity index (χ1n) is 8.93. The average molecular weight is 378 g/mol. The van der Waals surface area contributed by atoms with Crippen molar-refractivity contribution < 1.29 is 22.0 Å². The molecule has 0 aliphatic heterocycles. The van der Waals surface area contributed by atoms with E-state index in [0.29, 0.717) is 11.5 Å². The van der Waals surface area contributed by atoms with Crippen molar-refractivity contribution in [2.24, 2.45) is 11.8 Å². The van der Waals surface area contributed by atoms with Crippen LogP contribution in [-0.2, 0) is 6.18 Å². The third-order valence-corrected chi connectivity index (χ3v) is 5.00. The average Bonchev–Trinajstić information content (AvgIpc) is 2.60. The predicted molar refractivity (Wildman–Crippen MR) is 96.0 cm³/mol. The first kappa shape index (κ1) is 19.4. The van der Waals surface area contributed by atoms with E-state index >= 15 is 0 Å². The Hall–Kier alpha value is -2.35. The van der Waals surface area contributed by atoms with Crippen LogP contribution < -0.4 is 0 Å². The molecule has 5 heteroatoms. The summed E-state index contributed by atoms with van der Waals surface area (Å²) in [6, 6.07) is 4.96. The summed E-state index contributed by atoms with van der Waals surface area (Å²) in [6.07, 6.45) is 3.11. The summed E-state index contributed by atoms with van der Waals surface area (Å²) in [5, 5.41) is -0.206. The van der Waals surface area contributed by atoms with E-state index in [2.05, 4.69) is 17.9 Å². The van der Waals surface area contributed by atoms with Crippen molar-refractivity contribution in [1.29, 1.82) is 0 Å². The molecule has 1 fully saturated rings. The van der Waals surface area contributed by atoms with Crippen LogP contribution in [0.15, 0.2) is 36.4 Å². The lowest BCUT2D eigenvalue weighted by Gasteiger charge is -2.23. The second-order valence-corrected chi connectivity index (χ2v) is 6.85. The van der Waals surface area contributed by atoms with Crippen molar-refractivity contribution in [1.82, 2.24) is 0 Å². The Morgan fingerprint density at radius 3 is 2.37 bits per heavy atom. The molecular formula is C22H19F5. The number of allylic oxidation sites excluding steroid dienone is 2. The molecule has 2 aromatic carbocycles. The molecule has 0 unspecified atom stereocenters. The van der Waals surface area contributed by atoms with Crippen LogP contribution in [0.2, 0.25) is 0 Å². The van der Waals surface area contributed by atoms with Crippen molar-refractivity contribution in [2.75, 3.05) is 0 Å². The third-order valence-electron chi connectivity index (χ3n) is 5.00. The highest BCUT2D eigenvalue weighted by Crippen LogP contribution is 2.37. The van der Waals surface area contributed by atoms with Gasteiger partial charge in [-0.1, -0.05) is 36.1 Å². The van der Waals surface area contributed by atoms with Gasteiger partial charge >= 0.3 is 6.18 Å². The minimum absolute atomic E-state index is 0.0654. The molecule has 0 heterocycles. The largest absolute Gasteiger partial charge is 0.422 e. The number of fused-ring (bicyclic) bond motifs is 1. The van der Waals surface area contributed by atoms with Gasteiger partial charge in [0.2, 0.25) is 0 Å². The normalized spacial score (nSPS) is 20.7. The summed E-state index contributed by atoms with van der Waals surface area (Å²) in [7, 11) is 0. The molecule has 0 spiro atoms. The second kappa shape index (κ2) is 7.72. The highest BCUT2D eigenvalue weighted by Gasteiger charge is 2.38. The Kier molecular flexibility index (Phi) is 5.55. The minimum Gasteiger partial charge on any atom is -0.206 e. The molecule has 2 aromatic rings. The SMILES string of the molecule is C/C=C/C1CCC(C#Cc2cccc3c(F)c(C(F)(F)F)c(F)cc23)CC1. The lowest BCUT2D eigenvalue weighted by molar-refractivity contribution is -0.142. The standard InChI is InChI=1S/C22H19F5/c1-2-4-14-7-9-15(10-8-14)11-12-16-5-3-6-17-18(16)13-19(23)20(21(17)24)22(25,26)27/h2-6,13-15H,7-10H2,1H3/b4-2+. The topological polar surface area (TPSA) is 0 Å². The molecule has 142 valence electrons. The number of rotatable bonds is 1. The van der Waals surface area contributed by atoms with Gasteiger partial charge in [0.05, 0.1) is 0 Å². The maximum Gasteiger partial charge on any atom is 0.422 e. The number of alkyl halides is 3. The van der Waals surface area contributed by atoms with E-state index < -0.39 is 23.4 Å². The van der Waals surface area contributed by atoms with Gasteiger partial charge in [-0.25, -0.2) is 8.78 Å². The molecule has 0 aromatic heterocycles. The van der Waals surface area contributed by atoms with Crippen LogP contribution in [0.5, 0.6) is 0 Å². The van der Waals surface area contributed by atoms with Crippen molar-refractivity contribution in [3.8, 4) is 11.8 Å². The van der Waals surface area contributed by atoms with Crippen LogP contribution >= 0.6 is 0 Å². The lowest BCUT2D eigenvalue weighted by atomic mass is 9.82. The maximum atomic E-state index is 14.3. The predicted octanol–water partition coefficient (Wildman–Crippen LogP) is 6.87. The van der Waals surface area contributed by atoms with Gasteiger partial charge in [-0.2, -0.15) is 13.2 Å². The van der Waals surface area contributed by atoms with Gasteiger partial charge in [-0.15, -0.1) is 0 Å². The fourth-order valence-electron chi connectivity index (χ4n) is 3.63. The molecule has 0 N–H and O–H groups in total. The van der Waals surface area contributed by atoms with Crippen molar-refractivity contribution in [2.45, 2.75) is 38.8 Å². The maximum absolute atomic E-state index is 14.3. The monoisotopic (exact) mass is 378 g/mol. The highest BCUT2D eigenvalue weighted by molar-refractivity contribution is 5.89. The van der Waals surface area contributed by atoms with Gasteiger partial charge in [0.1, 0.15) is 17.2 Å². The fraction of sp³-hybridized carbons (Fsp3) is 0.364. The van der Waals surface area contributed by atoms with Crippen LogP contribution in [0.25, 0.3) is 10.8 Å². The molecule has 0 nitrogen and oxygen atoms in total. The molecule has 0 radical (unpaired) electrons. The van der Waals surface area contributed by atoms with Crippen molar-refractivity contribution in [3.05, 3.63) is 59.2 Å². The zero-order valence-corrected chi connectivity index (χ0v) is 14.8. The number of halogens is 5. The molecular weight excluding hydrogens is 359 g/mol. The van der Waals surface area contributed by atoms with Crippen molar-refractivity contribution in [3.63, 3.8) is 0 Å². The van der Waals surface area contributed by atoms with Gasteiger partial charge < -0.3 is 0 Å². The molecule has 1 aliphatic rings. The van der Waals surface area contributed by atoms with Gasteiger partial charge in [-0.05, 0) is 50.7 Å². The van der Waals surface area contributed by atoms with Crippen LogP contribution in [0.3, 0.4) is 0 Å². The smallest absolute Gasteiger partial charge is 0.206 e. The lowest BCUT2D eigenvalue weighted by Crippen LogP contribution is -2.12. The summed E-state index contributed by atoms with van der Waals surface area (Å²) in [5.74, 6) is 3.61. The highest BCUT2D eigenvalue weighted by atomic mass is 19.4. The quantitative estimate of drug-likeness (QED) is 0.289. The van der Waals surface area contributed by atoms with Crippen LogP contribution in [-0.4, -0.2) is 0 Å². The van der Waals surface area contributed by atoms with E-state index in [0.717, 1.165) is 31.7 Å². The summed E-state index contributed by atoms with van der Waals surface area (Å²) in [6.45, 7) is 1.99. The Labute approximate surface area is 155 Å². The van der Waals surface area contributed by atoms with Gasteiger partial charge in [-0.3, -0.25) is 0 Å². The molecule has 0 atom stereocenters. The van der Waals surface area contributed by atoms with Gasteiger partial charge in [0.15, 0.2) is 0 Å². The third kappa shape index (κ3) is 4.16. The van der Waals surface area contributed by atoms with E-state index in [9.17, 15) is 22.0 Å². The van der Waals surface area contributed by atoms with E-state index in [1.807, 2.05) is 13.0 Å². The second-order valence-electron chi connectivity index (χ2n) is 6.85. The fourth-order valence-corrected chi connectivity index (χ4v) is 3.63. The molecule has 0 saturated heterocycles. The molecule has 1 saturated carbocycles. The van der Waals surface area contributed by atoms with E-state index in [4.69, 9.17) is 0 Å². The Morgan fingerprint density at radius 2 is 1.74 bits per heavy atom. The Morgan fingerprint density at radius 1 is 1.04 bits per heavy atom. The van der Waals surface area contributed by atoms with Gasteiger partial charge in [0.25, 0.3) is 0 Å². The van der Waals surface area contributed by atoms with Crippen LogP contribution in [0.1, 0.15) is 43.7 Å². The van der Waals surface area contributed by atoms with Crippen LogP contribution in [0.4, 0.5) is 22.0 Å². The number of hydrogen-bond acceptors (Lipinski definition) is 0. The Bertz CT molecular complexity index is 920. The number of hydrogen-bond donors (Lipinski definition) is 0. The summed E-state index contributed by atoms with van der Waals surface area (Å²) in [4.78, 5) is 0. The molecule has 0 bridgehead atoms. The van der Waals surface area contributed by atoms with Crippen molar-refractivity contribution >= 4 is 10.8 Å². The molecule has 3 rings (SSSR count). The Balaban J connectivity index is 1.94. The zero-order chi connectivity index (χ0) is 19.6. The minimum atomic E-state index is -5.09. The van der Waals surface area contributed by atoms with E-state index in [1.54, 1.807) is 6.07 Å². The number of benzene rings is 2. The van der Waals surface area contributed by atoms with E-state index in [-0.39, 0.29) is 16.7 Å². The molecule has 0 amide bonds. The molecule has 27 heavy (non-hydrogen) atoms. The zero-order valence-electron chi connectivity index (χ0n) is 14.8. The van der Waals surface area contributed by atoms with Gasteiger partial charge in [0, 0.05) is 22.3 Å². The summed E-state index contributed by atoms with van der Waals surface area (Å²) < 4.78 is 67.0. The summed E-state index contributed by atoms with van der Waals surface area (Å²) in [5.41, 5.74) is -1.52. The van der Waals surface area contributed by atoms with Crippen LogP contribution in [0, 0.1) is 35.3 Å².